The van der Waals surface area contributed by atoms with Gasteiger partial charge < -0.3 is 15.4 Å². The number of methoxy groups -OCH3 is 1. The zero-order valence-electron chi connectivity index (χ0n) is 10.8. The second-order valence-corrected chi connectivity index (χ2v) is 3.76. The molecule has 1 rings (SSSR count). The topological polar surface area (TPSA) is 50.4 Å². The maximum Gasteiger partial charge on any atom is 0.418 e. The minimum absolute atomic E-state index is 0. The Morgan fingerprint density at radius 2 is 1.95 bits per heavy atom. The minimum Gasteiger partial charge on any atom is -0.383 e. The fourth-order valence-electron chi connectivity index (χ4n) is 1.41. The Kier molecular flexibility index (Phi) is 8.21. The number of benzene rings is 1. The molecule has 1 aromatic carbocycles. The molecule has 1 amide bonds. The third-order valence-corrected chi connectivity index (χ3v) is 2.28. The highest BCUT2D eigenvalue weighted by atomic mass is 35.5. The molecule has 4 nitrogen and oxygen atoms in total. The summed E-state index contributed by atoms with van der Waals surface area (Å²) in [5.74, 6) is -0.534. The monoisotopic (exact) mass is 312 g/mol. The molecule has 0 spiro atoms. The minimum atomic E-state index is -4.49. The highest BCUT2D eigenvalue weighted by molar-refractivity contribution is 5.93. The summed E-state index contributed by atoms with van der Waals surface area (Å²) < 4.78 is 42.8. The molecule has 8 heteroatoms. The lowest BCUT2D eigenvalue weighted by atomic mass is 10.1. The summed E-state index contributed by atoms with van der Waals surface area (Å²) in [7, 11) is 1.52. The van der Waals surface area contributed by atoms with Crippen LogP contribution in [0, 0.1) is 0 Å². The molecule has 0 bridgehead atoms. The predicted octanol–water partition coefficient (Wildman–Crippen LogP) is 2.30. The van der Waals surface area contributed by atoms with Gasteiger partial charge in [-0.1, -0.05) is 12.1 Å². The number of ether oxygens (including phenoxy) is 1. The molecule has 0 unspecified atom stereocenters. The van der Waals surface area contributed by atoms with Crippen molar-refractivity contribution in [1.29, 1.82) is 0 Å². The number of amides is 1. The van der Waals surface area contributed by atoms with Crippen LogP contribution in [0.3, 0.4) is 0 Å². The van der Waals surface area contributed by atoms with Gasteiger partial charge in [0.1, 0.15) is 0 Å². The van der Waals surface area contributed by atoms with Crippen LogP contribution < -0.4 is 10.6 Å². The number of rotatable bonds is 6. The van der Waals surface area contributed by atoms with Crippen molar-refractivity contribution in [3.8, 4) is 0 Å². The average molecular weight is 313 g/mol. The zero-order chi connectivity index (χ0) is 14.3. The molecule has 0 aliphatic carbocycles. The van der Waals surface area contributed by atoms with Crippen LogP contribution in [0.2, 0.25) is 0 Å². The van der Waals surface area contributed by atoms with Crippen LogP contribution in [0.4, 0.5) is 18.9 Å². The maximum atomic E-state index is 12.7. The summed E-state index contributed by atoms with van der Waals surface area (Å²) in [5.41, 5.74) is -1.10. The number of anilines is 1. The summed E-state index contributed by atoms with van der Waals surface area (Å²) in [6.45, 7) is 0.798. The first-order chi connectivity index (χ1) is 8.95. The largest absolute Gasteiger partial charge is 0.418 e. The van der Waals surface area contributed by atoms with E-state index < -0.39 is 17.6 Å². The van der Waals surface area contributed by atoms with E-state index in [1.807, 2.05) is 0 Å². The van der Waals surface area contributed by atoms with E-state index in [1.165, 1.54) is 25.3 Å². The van der Waals surface area contributed by atoms with Gasteiger partial charge in [0, 0.05) is 13.7 Å². The smallest absolute Gasteiger partial charge is 0.383 e. The highest BCUT2D eigenvalue weighted by Crippen LogP contribution is 2.34. The van der Waals surface area contributed by atoms with E-state index in [1.54, 1.807) is 0 Å². The van der Waals surface area contributed by atoms with Gasteiger partial charge in [-0.3, -0.25) is 4.79 Å². The van der Waals surface area contributed by atoms with Crippen molar-refractivity contribution < 1.29 is 22.7 Å². The van der Waals surface area contributed by atoms with Gasteiger partial charge >= 0.3 is 6.18 Å². The molecule has 0 radical (unpaired) electrons. The van der Waals surface area contributed by atoms with Crippen LogP contribution >= 0.6 is 12.4 Å². The molecule has 0 heterocycles. The Labute approximate surface area is 121 Å². The van der Waals surface area contributed by atoms with Crippen LogP contribution in [-0.4, -0.2) is 32.7 Å². The van der Waals surface area contributed by atoms with Crippen molar-refractivity contribution in [2.45, 2.75) is 6.18 Å². The van der Waals surface area contributed by atoms with Crippen molar-refractivity contribution in [1.82, 2.24) is 5.32 Å². The highest BCUT2D eigenvalue weighted by Gasteiger charge is 2.33. The van der Waals surface area contributed by atoms with Crippen molar-refractivity contribution >= 4 is 24.0 Å². The molecule has 1 aromatic rings. The molecule has 0 fully saturated rings. The fourth-order valence-corrected chi connectivity index (χ4v) is 1.41. The first kappa shape index (κ1) is 18.7. The zero-order valence-corrected chi connectivity index (χ0v) is 11.6. The Morgan fingerprint density at radius 3 is 2.55 bits per heavy atom. The SMILES string of the molecule is COCCNCC(=O)Nc1ccccc1C(F)(F)F.Cl. The van der Waals surface area contributed by atoms with E-state index >= 15 is 0 Å². The molecule has 2 N–H and O–H groups in total. The van der Waals surface area contributed by atoms with Gasteiger partial charge in [0.05, 0.1) is 24.4 Å². The number of carbonyl (C=O) groups is 1. The molecule has 0 saturated carbocycles. The fraction of sp³-hybridized carbons (Fsp3) is 0.417. The molecule has 0 atom stereocenters. The third-order valence-electron chi connectivity index (χ3n) is 2.28. The van der Waals surface area contributed by atoms with Crippen molar-refractivity contribution in [2.24, 2.45) is 0 Å². The van der Waals surface area contributed by atoms with Crippen LogP contribution in [0.25, 0.3) is 0 Å². The first-order valence-electron chi connectivity index (χ1n) is 5.61. The lowest BCUT2D eigenvalue weighted by Crippen LogP contribution is -2.30. The predicted molar refractivity (Wildman–Crippen MR) is 72.1 cm³/mol. The number of nitrogens with one attached hydrogen (secondary N) is 2. The van der Waals surface area contributed by atoms with E-state index in [-0.39, 0.29) is 24.6 Å². The molecule has 0 aliphatic rings. The summed E-state index contributed by atoms with van der Waals surface area (Å²) in [4.78, 5) is 11.5. The van der Waals surface area contributed by atoms with Crippen LogP contribution in [-0.2, 0) is 15.7 Å². The molecule has 20 heavy (non-hydrogen) atoms. The van der Waals surface area contributed by atoms with E-state index in [0.29, 0.717) is 13.2 Å². The normalized spacial score (nSPS) is 10.8. The van der Waals surface area contributed by atoms with Gasteiger partial charge in [-0.2, -0.15) is 13.2 Å². The Hall–Kier alpha value is -1.31. The number of hydrogen-bond donors (Lipinski definition) is 2. The van der Waals surface area contributed by atoms with Crippen LogP contribution in [0.5, 0.6) is 0 Å². The van der Waals surface area contributed by atoms with Gasteiger partial charge in [-0.25, -0.2) is 0 Å². The number of carbonyl (C=O) groups excluding carboxylic acids is 1. The van der Waals surface area contributed by atoms with E-state index in [0.717, 1.165) is 6.07 Å². The second kappa shape index (κ2) is 8.78. The van der Waals surface area contributed by atoms with E-state index in [4.69, 9.17) is 4.74 Å². The number of hydrogen-bond acceptors (Lipinski definition) is 3. The first-order valence-corrected chi connectivity index (χ1v) is 5.61. The van der Waals surface area contributed by atoms with Gasteiger partial charge in [-0.15, -0.1) is 12.4 Å². The third kappa shape index (κ3) is 6.23. The van der Waals surface area contributed by atoms with Gasteiger partial charge in [0.25, 0.3) is 0 Å². The standard InChI is InChI=1S/C12H15F3N2O2.ClH/c1-19-7-6-16-8-11(18)17-10-5-3-2-4-9(10)12(13,14)15;/h2-5,16H,6-8H2,1H3,(H,17,18);1H. The lowest BCUT2D eigenvalue weighted by molar-refractivity contribution is -0.137. The second-order valence-electron chi connectivity index (χ2n) is 3.76. The molecule has 0 aliphatic heterocycles. The maximum absolute atomic E-state index is 12.7. The Morgan fingerprint density at radius 1 is 1.30 bits per heavy atom. The molecular formula is C12H16ClF3N2O2. The number of alkyl halides is 3. The van der Waals surface area contributed by atoms with Crippen molar-refractivity contribution in [2.75, 3.05) is 32.1 Å². The Bertz CT molecular complexity index is 427. The van der Waals surface area contributed by atoms with E-state index in [2.05, 4.69) is 10.6 Å². The van der Waals surface area contributed by atoms with E-state index in [9.17, 15) is 18.0 Å². The summed E-state index contributed by atoms with van der Waals surface area (Å²) in [6, 6.07) is 4.85. The summed E-state index contributed by atoms with van der Waals surface area (Å²) in [6.07, 6.45) is -4.49. The van der Waals surface area contributed by atoms with Gasteiger partial charge in [0.15, 0.2) is 0 Å². The van der Waals surface area contributed by atoms with Gasteiger partial charge in [-0.05, 0) is 12.1 Å². The average Bonchev–Trinajstić information content (AvgIpc) is 2.34. The van der Waals surface area contributed by atoms with Crippen molar-refractivity contribution in [3.63, 3.8) is 0 Å². The van der Waals surface area contributed by atoms with Crippen molar-refractivity contribution in [3.05, 3.63) is 29.8 Å². The molecule has 0 saturated heterocycles. The lowest BCUT2D eigenvalue weighted by Gasteiger charge is -2.13. The van der Waals surface area contributed by atoms with Gasteiger partial charge in [0.2, 0.25) is 5.91 Å². The Balaban J connectivity index is 0.00000361. The summed E-state index contributed by atoms with van der Waals surface area (Å²) >= 11 is 0. The number of para-hydroxylation sites is 1. The molecule has 0 aromatic heterocycles. The van der Waals surface area contributed by atoms with Crippen LogP contribution in [0.15, 0.2) is 24.3 Å². The summed E-state index contributed by atoms with van der Waals surface area (Å²) in [5, 5.41) is 4.98. The molecular weight excluding hydrogens is 297 g/mol. The number of halogens is 4. The van der Waals surface area contributed by atoms with Crippen LogP contribution in [0.1, 0.15) is 5.56 Å². The molecule has 114 valence electrons. The quantitative estimate of drug-likeness (QED) is 0.793.